The summed E-state index contributed by atoms with van der Waals surface area (Å²) in [5.41, 5.74) is 15.3. The predicted molar refractivity (Wildman–Crippen MR) is 143 cm³/mol. The fourth-order valence-corrected chi connectivity index (χ4v) is 5.03. The van der Waals surface area contributed by atoms with Gasteiger partial charge in [-0.05, 0) is 59.7 Å². The van der Waals surface area contributed by atoms with Crippen LogP contribution in [-0.4, -0.2) is 27.9 Å². The number of nitrogens with zero attached hydrogens (tertiary/aromatic N) is 2. The Hall–Kier alpha value is -4.29. The number of nitrogens with one attached hydrogen (secondary N) is 2. The first-order chi connectivity index (χ1) is 17.6. The number of benzene rings is 3. The Kier molecular flexibility index (Phi) is 5.38. The molecule has 1 amide bonds. The van der Waals surface area contributed by atoms with Crippen LogP contribution in [-0.2, 0) is 5.54 Å². The largest absolute Gasteiger partial charge is 0.355 e. The van der Waals surface area contributed by atoms with Crippen LogP contribution in [0.15, 0.2) is 85.2 Å². The fraction of sp³-hybridized carbons (Fsp3) is 0.167. The molecule has 0 unspecified atom stereocenters. The Morgan fingerprint density at radius 3 is 2.44 bits per heavy atom. The lowest BCUT2D eigenvalue weighted by molar-refractivity contribution is 0.0963. The van der Waals surface area contributed by atoms with Crippen molar-refractivity contribution in [2.75, 3.05) is 7.05 Å². The second kappa shape index (κ2) is 8.73. The van der Waals surface area contributed by atoms with E-state index in [0.29, 0.717) is 16.9 Å². The summed E-state index contributed by atoms with van der Waals surface area (Å²) in [5, 5.41) is 2.72. The number of rotatable bonds is 5. The second-order valence-corrected chi connectivity index (χ2v) is 9.45. The third-order valence-corrected chi connectivity index (χ3v) is 7.27. The Morgan fingerprint density at radius 2 is 1.69 bits per heavy atom. The Morgan fingerprint density at radius 1 is 0.917 bits per heavy atom. The molecular weight excluding hydrogens is 446 g/mol. The minimum absolute atomic E-state index is 0.148. The lowest BCUT2D eigenvalue weighted by Crippen LogP contribution is -2.43. The van der Waals surface area contributed by atoms with E-state index in [1.165, 1.54) is 12.0 Å². The average molecular weight is 474 g/mol. The number of aromatic amines is 1. The Bertz CT molecular complexity index is 1580. The van der Waals surface area contributed by atoms with Gasteiger partial charge in [-0.25, -0.2) is 9.97 Å². The van der Waals surface area contributed by atoms with Gasteiger partial charge in [-0.1, -0.05) is 60.7 Å². The number of imidazole rings is 1. The van der Waals surface area contributed by atoms with Crippen LogP contribution in [0.2, 0.25) is 0 Å². The molecule has 5 aromatic rings. The third kappa shape index (κ3) is 3.76. The number of aromatic nitrogens is 3. The van der Waals surface area contributed by atoms with Crippen LogP contribution >= 0.6 is 0 Å². The predicted octanol–water partition coefficient (Wildman–Crippen LogP) is 5.66. The molecule has 6 rings (SSSR count). The Labute approximate surface area is 209 Å². The summed E-state index contributed by atoms with van der Waals surface area (Å²) in [6, 6.07) is 26.6. The highest BCUT2D eigenvalue weighted by Crippen LogP contribution is 2.39. The van der Waals surface area contributed by atoms with E-state index in [1.807, 2.05) is 30.3 Å². The first-order valence-electron chi connectivity index (χ1n) is 12.2. The maximum Gasteiger partial charge on any atom is 0.251 e. The van der Waals surface area contributed by atoms with Gasteiger partial charge in [0.2, 0.25) is 0 Å². The molecule has 0 radical (unpaired) electrons. The molecule has 0 aliphatic heterocycles. The minimum Gasteiger partial charge on any atom is -0.355 e. The number of nitrogens with two attached hydrogens (primary N) is 1. The van der Waals surface area contributed by atoms with E-state index >= 15 is 0 Å². The van der Waals surface area contributed by atoms with Crippen LogP contribution in [0.5, 0.6) is 0 Å². The van der Waals surface area contributed by atoms with Gasteiger partial charge in [0.25, 0.3) is 5.91 Å². The molecule has 6 nitrogen and oxygen atoms in total. The number of amides is 1. The summed E-state index contributed by atoms with van der Waals surface area (Å²) in [5.74, 6) is -0.148. The van der Waals surface area contributed by atoms with Crippen LogP contribution in [0, 0.1) is 0 Å². The quantitative estimate of drug-likeness (QED) is 0.307. The first-order valence-corrected chi connectivity index (χ1v) is 12.2. The molecule has 1 saturated carbocycles. The van der Waals surface area contributed by atoms with E-state index < -0.39 is 0 Å². The highest BCUT2D eigenvalue weighted by atomic mass is 16.1. The standard InChI is InChI=1S/C30H27N5O/c1-32-29(36)24-9-3-2-8-23(24)26-17-25(27-28(35-26)34-18-33-27)21-7-4-6-20(16-21)19-10-12-22(13-11-19)30(31)14-5-15-30/h2-4,6-13,16-18H,5,14-15,31H2,1H3,(H,32,36)(H,33,34,35). The van der Waals surface area contributed by atoms with Gasteiger partial charge in [-0.15, -0.1) is 0 Å². The number of hydrogen-bond acceptors (Lipinski definition) is 4. The molecule has 1 aliphatic carbocycles. The number of carbonyl (C=O) groups is 1. The average Bonchev–Trinajstić information content (AvgIpc) is 3.40. The molecule has 2 aromatic heterocycles. The van der Waals surface area contributed by atoms with Crippen molar-refractivity contribution in [2.24, 2.45) is 5.73 Å². The monoisotopic (exact) mass is 473 g/mol. The summed E-state index contributed by atoms with van der Waals surface area (Å²) in [7, 11) is 1.63. The number of carbonyl (C=O) groups excluding carboxylic acids is 1. The van der Waals surface area contributed by atoms with Gasteiger partial charge in [0.05, 0.1) is 12.0 Å². The zero-order valence-corrected chi connectivity index (χ0v) is 20.1. The van der Waals surface area contributed by atoms with E-state index in [0.717, 1.165) is 46.2 Å². The molecule has 178 valence electrons. The van der Waals surface area contributed by atoms with Crippen LogP contribution < -0.4 is 11.1 Å². The second-order valence-electron chi connectivity index (χ2n) is 9.45. The lowest BCUT2D eigenvalue weighted by Gasteiger charge is -2.38. The van der Waals surface area contributed by atoms with Gasteiger partial charge < -0.3 is 16.0 Å². The number of hydrogen-bond donors (Lipinski definition) is 3. The van der Waals surface area contributed by atoms with Crippen LogP contribution in [0.4, 0.5) is 0 Å². The number of H-pyrrole nitrogens is 1. The summed E-state index contributed by atoms with van der Waals surface area (Å²) < 4.78 is 0. The van der Waals surface area contributed by atoms with E-state index in [1.54, 1.807) is 13.4 Å². The molecule has 0 spiro atoms. The van der Waals surface area contributed by atoms with Gasteiger partial charge in [0.15, 0.2) is 5.65 Å². The molecular formula is C30H27N5O. The smallest absolute Gasteiger partial charge is 0.251 e. The molecule has 2 heterocycles. The van der Waals surface area contributed by atoms with E-state index in [2.05, 4.69) is 63.8 Å². The van der Waals surface area contributed by atoms with Crippen molar-refractivity contribution in [2.45, 2.75) is 24.8 Å². The van der Waals surface area contributed by atoms with Crippen molar-refractivity contribution >= 4 is 17.1 Å². The third-order valence-electron chi connectivity index (χ3n) is 7.27. The van der Waals surface area contributed by atoms with Gasteiger partial charge in [0, 0.05) is 29.3 Å². The summed E-state index contributed by atoms with van der Waals surface area (Å²) >= 11 is 0. The number of pyridine rings is 1. The highest BCUT2D eigenvalue weighted by Gasteiger charge is 2.34. The first kappa shape index (κ1) is 22.2. The molecule has 3 aromatic carbocycles. The van der Waals surface area contributed by atoms with E-state index in [-0.39, 0.29) is 11.4 Å². The zero-order valence-electron chi connectivity index (χ0n) is 20.1. The van der Waals surface area contributed by atoms with Gasteiger partial charge in [-0.3, -0.25) is 4.79 Å². The molecule has 1 aliphatic rings. The Balaban J connectivity index is 1.44. The molecule has 0 atom stereocenters. The van der Waals surface area contributed by atoms with Gasteiger partial charge in [0.1, 0.15) is 5.52 Å². The molecule has 0 bridgehead atoms. The van der Waals surface area contributed by atoms with Crippen molar-refractivity contribution in [3.05, 3.63) is 96.3 Å². The van der Waals surface area contributed by atoms with Crippen molar-refractivity contribution in [3.8, 4) is 33.5 Å². The van der Waals surface area contributed by atoms with E-state index in [9.17, 15) is 4.79 Å². The molecule has 36 heavy (non-hydrogen) atoms. The minimum atomic E-state index is -0.162. The maximum atomic E-state index is 12.5. The fourth-order valence-electron chi connectivity index (χ4n) is 5.03. The van der Waals surface area contributed by atoms with Crippen molar-refractivity contribution in [1.82, 2.24) is 20.3 Å². The molecule has 1 fully saturated rings. The summed E-state index contributed by atoms with van der Waals surface area (Å²) in [6.45, 7) is 0. The summed E-state index contributed by atoms with van der Waals surface area (Å²) in [4.78, 5) is 25.0. The van der Waals surface area contributed by atoms with Crippen LogP contribution in [0.25, 0.3) is 44.7 Å². The molecule has 6 heteroatoms. The van der Waals surface area contributed by atoms with Crippen molar-refractivity contribution in [1.29, 1.82) is 0 Å². The normalized spacial score (nSPS) is 14.4. The molecule has 0 saturated heterocycles. The zero-order chi connectivity index (χ0) is 24.7. The maximum absolute atomic E-state index is 12.5. The van der Waals surface area contributed by atoms with Gasteiger partial charge >= 0.3 is 0 Å². The van der Waals surface area contributed by atoms with Crippen LogP contribution in [0.1, 0.15) is 35.2 Å². The van der Waals surface area contributed by atoms with Crippen LogP contribution in [0.3, 0.4) is 0 Å². The topological polar surface area (TPSA) is 96.7 Å². The number of fused-ring (bicyclic) bond motifs is 1. The van der Waals surface area contributed by atoms with E-state index in [4.69, 9.17) is 10.7 Å². The molecule has 4 N–H and O–H groups in total. The SMILES string of the molecule is CNC(=O)c1ccccc1-c1cc(-c2cccc(-c3ccc(C4(N)CCC4)cc3)c2)c2nc[nH]c2n1. The van der Waals surface area contributed by atoms with Crippen molar-refractivity contribution < 1.29 is 4.79 Å². The highest BCUT2D eigenvalue weighted by molar-refractivity contribution is 6.02. The van der Waals surface area contributed by atoms with Gasteiger partial charge in [-0.2, -0.15) is 0 Å². The van der Waals surface area contributed by atoms with Crippen molar-refractivity contribution in [3.63, 3.8) is 0 Å². The summed E-state index contributed by atoms with van der Waals surface area (Å²) in [6.07, 6.45) is 4.95. The lowest BCUT2D eigenvalue weighted by atomic mass is 9.72.